The first kappa shape index (κ1) is 13.8. The van der Waals surface area contributed by atoms with E-state index in [-0.39, 0.29) is 6.10 Å². The second kappa shape index (κ2) is 6.01. The fraction of sp³-hybridized carbons (Fsp3) is 0.750. The molecule has 1 aromatic rings. The molecule has 0 unspecified atom stereocenters. The van der Waals surface area contributed by atoms with E-state index < -0.39 is 0 Å². The van der Waals surface area contributed by atoms with Crippen molar-refractivity contribution in [3.63, 3.8) is 0 Å². The van der Waals surface area contributed by atoms with Crippen LogP contribution in [-0.2, 0) is 0 Å². The Balaban J connectivity index is 2.18. The number of piperazine rings is 1. The largest absolute Gasteiger partial charge is 0.461 e. The molecule has 0 aliphatic carbocycles. The summed E-state index contributed by atoms with van der Waals surface area (Å²) in [5.74, 6) is 1.22. The van der Waals surface area contributed by atoms with Gasteiger partial charge in [-0.1, -0.05) is 0 Å². The van der Waals surface area contributed by atoms with Crippen molar-refractivity contribution < 1.29 is 4.74 Å². The monoisotopic (exact) mass is 266 g/mol. The molecule has 106 valence electrons. The van der Waals surface area contributed by atoms with Gasteiger partial charge < -0.3 is 19.9 Å². The van der Waals surface area contributed by atoms with Gasteiger partial charge in [-0.2, -0.15) is 15.0 Å². The Labute approximate surface area is 114 Å². The fourth-order valence-electron chi connectivity index (χ4n) is 1.87. The maximum Gasteiger partial charge on any atom is 0.323 e. The van der Waals surface area contributed by atoms with Crippen LogP contribution in [0.4, 0.5) is 11.9 Å². The lowest BCUT2D eigenvalue weighted by atomic mass is 10.3. The predicted octanol–water partition coefficient (Wildman–Crippen LogP) is 0.452. The minimum atomic E-state index is 0.0486. The normalized spacial score (nSPS) is 16.8. The minimum absolute atomic E-state index is 0.0486. The van der Waals surface area contributed by atoms with Crippen molar-refractivity contribution in [2.24, 2.45) is 0 Å². The number of hydrogen-bond acceptors (Lipinski definition) is 7. The van der Waals surface area contributed by atoms with E-state index in [1.54, 1.807) is 7.05 Å². The molecule has 19 heavy (non-hydrogen) atoms. The van der Waals surface area contributed by atoms with Crippen molar-refractivity contribution >= 4 is 11.9 Å². The van der Waals surface area contributed by atoms with Gasteiger partial charge in [0.05, 0.1) is 6.10 Å². The third-order valence-corrected chi connectivity index (χ3v) is 2.95. The molecule has 2 rings (SSSR count). The van der Waals surface area contributed by atoms with Crippen LogP contribution in [0.25, 0.3) is 0 Å². The summed E-state index contributed by atoms with van der Waals surface area (Å²) in [6.07, 6.45) is 0.0486. The Kier molecular flexibility index (Phi) is 4.36. The highest BCUT2D eigenvalue weighted by Gasteiger charge is 2.18. The van der Waals surface area contributed by atoms with Crippen LogP contribution < -0.4 is 15.0 Å². The predicted molar refractivity (Wildman–Crippen MR) is 74.8 cm³/mol. The Morgan fingerprint density at radius 1 is 1.11 bits per heavy atom. The standard InChI is InChI=1S/C12H22N6O/c1-9(2)19-12-15-10(13-3)14-11(16-12)18-7-5-17(4)6-8-18/h9H,5-8H2,1-4H3,(H,13,14,15,16). The molecular weight excluding hydrogens is 244 g/mol. The number of nitrogens with zero attached hydrogens (tertiary/aromatic N) is 5. The zero-order valence-electron chi connectivity index (χ0n) is 12.1. The van der Waals surface area contributed by atoms with E-state index in [0.29, 0.717) is 17.9 Å². The van der Waals surface area contributed by atoms with E-state index in [1.807, 2.05) is 13.8 Å². The maximum absolute atomic E-state index is 5.57. The van der Waals surface area contributed by atoms with Gasteiger partial charge in [0.15, 0.2) is 0 Å². The minimum Gasteiger partial charge on any atom is -0.461 e. The maximum atomic E-state index is 5.57. The first-order valence-corrected chi connectivity index (χ1v) is 6.62. The highest BCUT2D eigenvalue weighted by molar-refractivity contribution is 5.38. The molecular formula is C12H22N6O. The van der Waals surface area contributed by atoms with E-state index in [1.165, 1.54) is 0 Å². The Morgan fingerprint density at radius 2 is 1.79 bits per heavy atom. The SMILES string of the molecule is CNc1nc(OC(C)C)nc(N2CCN(C)CC2)n1. The van der Waals surface area contributed by atoms with Gasteiger partial charge in [0.1, 0.15) is 0 Å². The average Bonchev–Trinajstić information content (AvgIpc) is 2.38. The quantitative estimate of drug-likeness (QED) is 0.848. The second-order valence-electron chi connectivity index (χ2n) is 4.95. The molecule has 1 fully saturated rings. The lowest BCUT2D eigenvalue weighted by Gasteiger charge is -2.32. The van der Waals surface area contributed by atoms with E-state index >= 15 is 0 Å². The molecule has 2 heterocycles. The van der Waals surface area contributed by atoms with Gasteiger partial charge in [0, 0.05) is 33.2 Å². The molecule has 1 aliphatic rings. The number of aromatic nitrogens is 3. The zero-order chi connectivity index (χ0) is 13.8. The zero-order valence-corrected chi connectivity index (χ0v) is 12.1. The van der Waals surface area contributed by atoms with Crippen LogP contribution in [0.5, 0.6) is 6.01 Å². The van der Waals surface area contributed by atoms with Gasteiger partial charge in [0.25, 0.3) is 0 Å². The number of ether oxygens (including phenoxy) is 1. The highest BCUT2D eigenvalue weighted by atomic mass is 16.5. The topological polar surface area (TPSA) is 66.4 Å². The van der Waals surface area contributed by atoms with Crippen LogP contribution in [0.3, 0.4) is 0 Å². The Hall–Kier alpha value is -1.63. The smallest absolute Gasteiger partial charge is 0.323 e. The lowest BCUT2D eigenvalue weighted by molar-refractivity contribution is 0.221. The van der Waals surface area contributed by atoms with E-state index in [9.17, 15) is 0 Å². The summed E-state index contributed by atoms with van der Waals surface area (Å²) < 4.78 is 5.57. The third-order valence-electron chi connectivity index (χ3n) is 2.95. The number of nitrogens with one attached hydrogen (secondary N) is 1. The molecule has 0 aromatic carbocycles. The van der Waals surface area contributed by atoms with Gasteiger partial charge in [-0.15, -0.1) is 0 Å². The fourth-order valence-corrected chi connectivity index (χ4v) is 1.87. The molecule has 0 radical (unpaired) electrons. The van der Waals surface area contributed by atoms with Crippen molar-refractivity contribution in [2.75, 3.05) is 50.5 Å². The Morgan fingerprint density at radius 3 is 2.37 bits per heavy atom. The average molecular weight is 266 g/mol. The summed E-state index contributed by atoms with van der Waals surface area (Å²) in [5, 5.41) is 2.95. The third kappa shape index (κ3) is 3.66. The molecule has 7 heteroatoms. The van der Waals surface area contributed by atoms with Gasteiger partial charge in [-0.05, 0) is 20.9 Å². The lowest BCUT2D eigenvalue weighted by Crippen LogP contribution is -2.45. The second-order valence-corrected chi connectivity index (χ2v) is 4.95. The van der Waals surface area contributed by atoms with E-state index in [2.05, 4.69) is 37.1 Å². The number of hydrogen-bond donors (Lipinski definition) is 1. The summed E-state index contributed by atoms with van der Waals surface area (Å²) >= 11 is 0. The van der Waals surface area contributed by atoms with Crippen LogP contribution >= 0.6 is 0 Å². The van der Waals surface area contributed by atoms with Gasteiger partial charge in [-0.25, -0.2) is 0 Å². The summed E-state index contributed by atoms with van der Waals surface area (Å²) in [7, 11) is 3.92. The molecule has 0 spiro atoms. The summed E-state index contributed by atoms with van der Waals surface area (Å²) in [6.45, 7) is 7.79. The molecule has 1 saturated heterocycles. The van der Waals surface area contributed by atoms with Crippen molar-refractivity contribution in [1.82, 2.24) is 19.9 Å². The number of likely N-dealkylation sites (N-methyl/N-ethyl adjacent to an activating group) is 1. The molecule has 7 nitrogen and oxygen atoms in total. The molecule has 0 bridgehead atoms. The number of anilines is 2. The molecule has 0 saturated carbocycles. The molecule has 0 amide bonds. The van der Waals surface area contributed by atoms with Gasteiger partial charge in [-0.3, -0.25) is 0 Å². The van der Waals surface area contributed by atoms with Gasteiger partial charge >= 0.3 is 6.01 Å². The van der Waals surface area contributed by atoms with Crippen molar-refractivity contribution in [2.45, 2.75) is 20.0 Å². The molecule has 1 aliphatic heterocycles. The summed E-state index contributed by atoms with van der Waals surface area (Å²) in [4.78, 5) is 17.5. The summed E-state index contributed by atoms with van der Waals surface area (Å²) in [5.41, 5.74) is 0. The molecule has 0 atom stereocenters. The summed E-state index contributed by atoms with van der Waals surface area (Å²) in [6, 6.07) is 0.378. The van der Waals surface area contributed by atoms with Crippen LogP contribution in [0.1, 0.15) is 13.8 Å². The van der Waals surface area contributed by atoms with E-state index in [4.69, 9.17) is 4.74 Å². The highest BCUT2D eigenvalue weighted by Crippen LogP contribution is 2.17. The van der Waals surface area contributed by atoms with E-state index in [0.717, 1.165) is 26.2 Å². The van der Waals surface area contributed by atoms with Crippen LogP contribution in [0.2, 0.25) is 0 Å². The van der Waals surface area contributed by atoms with Crippen molar-refractivity contribution in [1.29, 1.82) is 0 Å². The van der Waals surface area contributed by atoms with Crippen LogP contribution in [0, 0.1) is 0 Å². The van der Waals surface area contributed by atoms with Crippen LogP contribution in [0.15, 0.2) is 0 Å². The first-order valence-electron chi connectivity index (χ1n) is 6.62. The number of rotatable bonds is 4. The van der Waals surface area contributed by atoms with Crippen molar-refractivity contribution in [3.05, 3.63) is 0 Å². The molecule has 1 N–H and O–H groups in total. The first-order chi connectivity index (χ1) is 9.08. The van der Waals surface area contributed by atoms with Crippen LogP contribution in [-0.4, -0.2) is 66.2 Å². The molecule has 1 aromatic heterocycles. The van der Waals surface area contributed by atoms with Crippen molar-refractivity contribution in [3.8, 4) is 6.01 Å². The van der Waals surface area contributed by atoms with Gasteiger partial charge in [0.2, 0.25) is 11.9 Å². The Bertz CT molecular complexity index is 417.